The van der Waals surface area contributed by atoms with Crippen LogP contribution in [0.1, 0.15) is 31.2 Å². The molecular weight excluding hydrogens is 264 g/mol. The maximum atomic E-state index is 11.8. The number of anilines is 1. The van der Waals surface area contributed by atoms with Crippen molar-refractivity contribution in [2.24, 2.45) is 5.73 Å². The van der Waals surface area contributed by atoms with Gasteiger partial charge in [0.2, 0.25) is 5.91 Å². The predicted octanol–water partition coefficient (Wildman–Crippen LogP) is 2.39. The van der Waals surface area contributed by atoms with Crippen LogP contribution in [0.2, 0.25) is 0 Å². The van der Waals surface area contributed by atoms with Gasteiger partial charge in [0.25, 0.3) is 0 Å². The van der Waals surface area contributed by atoms with Crippen LogP contribution < -0.4 is 11.1 Å². The highest BCUT2D eigenvalue weighted by atomic mass is 16.1. The molecule has 112 valence electrons. The van der Waals surface area contributed by atoms with Crippen molar-refractivity contribution < 1.29 is 4.79 Å². The Labute approximate surface area is 125 Å². The molecule has 3 N–H and O–H groups in total. The number of amides is 1. The smallest absolute Gasteiger partial charge is 0.224 e. The predicted molar refractivity (Wildman–Crippen MR) is 83.9 cm³/mol. The second kappa shape index (κ2) is 8.21. The molecule has 1 aromatic heterocycles. The minimum atomic E-state index is 0.0336. The van der Waals surface area contributed by atoms with Crippen LogP contribution in [0.4, 0.5) is 5.69 Å². The van der Waals surface area contributed by atoms with Gasteiger partial charge in [-0.05, 0) is 24.9 Å². The van der Waals surface area contributed by atoms with Crippen molar-refractivity contribution in [3.05, 3.63) is 48.3 Å². The Hall–Kier alpha value is -2.14. The van der Waals surface area contributed by atoms with Gasteiger partial charge in [0.05, 0.1) is 18.4 Å². The van der Waals surface area contributed by atoms with E-state index < -0.39 is 0 Å². The first-order valence-corrected chi connectivity index (χ1v) is 7.34. The molecule has 0 unspecified atom stereocenters. The van der Waals surface area contributed by atoms with Gasteiger partial charge in [-0.1, -0.05) is 36.8 Å². The van der Waals surface area contributed by atoms with Crippen LogP contribution in [0.15, 0.2) is 42.7 Å². The molecule has 21 heavy (non-hydrogen) atoms. The number of nitrogens with zero attached hydrogens (tertiary/aromatic N) is 2. The summed E-state index contributed by atoms with van der Waals surface area (Å²) in [6, 6.07) is 10.1. The Morgan fingerprint density at radius 1 is 1.19 bits per heavy atom. The van der Waals surface area contributed by atoms with Crippen LogP contribution in [-0.4, -0.2) is 22.2 Å². The topological polar surface area (TPSA) is 72.9 Å². The monoisotopic (exact) mass is 286 g/mol. The van der Waals surface area contributed by atoms with Gasteiger partial charge in [0.1, 0.15) is 0 Å². The lowest BCUT2D eigenvalue weighted by Gasteiger charge is -2.02. The zero-order valence-corrected chi connectivity index (χ0v) is 12.2. The van der Waals surface area contributed by atoms with Gasteiger partial charge in [0, 0.05) is 12.6 Å². The fraction of sp³-hybridized carbons (Fsp3) is 0.375. The average molecular weight is 286 g/mol. The van der Waals surface area contributed by atoms with E-state index in [2.05, 4.69) is 22.5 Å². The number of unbranched alkanes of at least 4 members (excludes halogenated alkanes) is 2. The van der Waals surface area contributed by atoms with Gasteiger partial charge in [-0.25, -0.2) is 0 Å². The van der Waals surface area contributed by atoms with Gasteiger partial charge < -0.3 is 11.1 Å². The van der Waals surface area contributed by atoms with Crippen LogP contribution in [0.5, 0.6) is 0 Å². The SMILES string of the molecule is NCCCCCC(=O)Nc1cnn(Cc2ccccc2)c1. The summed E-state index contributed by atoms with van der Waals surface area (Å²) in [6.07, 6.45) is 6.91. The summed E-state index contributed by atoms with van der Waals surface area (Å²) in [5.74, 6) is 0.0336. The molecule has 0 aliphatic carbocycles. The molecule has 2 aromatic rings. The van der Waals surface area contributed by atoms with Crippen molar-refractivity contribution in [1.29, 1.82) is 0 Å². The molecule has 1 heterocycles. The highest BCUT2D eigenvalue weighted by Gasteiger charge is 2.04. The Bertz CT molecular complexity index is 550. The lowest BCUT2D eigenvalue weighted by Crippen LogP contribution is -2.11. The molecule has 2 rings (SSSR count). The van der Waals surface area contributed by atoms with Crippen molar-refractivity contribution in [3.63, 3.8) is 0 Å². The quantitative estimate of drug-likeness (QED) is 0.732. The first-order valence-electron chi connectivity index (χ1n) is 7.34. The van der Waals surface area contributed by atoms with E-state index in [1.54, 1.807) is 6.20 Å². The van der Waals surface area contributed by atoms with E-state index in [1.807, 2.05) is 29.1 Å². The highest BCUT2D eigenvalue weighted by Crippen LogP contribution is 2.09. The fourth-order valence-corrected chi connectivity index (χ4v) is 2.12. The molecule has 0 saturated heterocycles. The summed E-state index contributed by atoms with van der Waals surface area (Å²) >= 11 is 0. The number of nitrogens with two attached hydrogens (primary N) is 1. The molecule has 1 amide bonds. The van der Waals surface area contributed by atoms with E-state index in [9.17, 15) is 4.79 Å². The van der Waals surface area contributed by atoms with Gasteiger partial charge in [0.15, 0.2) is 0 Å². The standard InChI is InChI=1S/C16H22N4O/c17-10-6-2-5-9-16(21)19-15-11-18-20(13-15)12-14-7-3-1-4-8-14/h1,3-4,7-8,11,13H,2,5-6,9-10,12,17H2,(H,19,21). The van der Waals surface area contributed by atoms with Crippen molar-refractivity contribution in [2.75, 3.05) is 11.9 Å². The number of carbonyl (C=O) groups excluding carboxylic acids is 1. The Kier molecular flexibility index (Phi) is 5.97. The van der Waals surface area contributed by atoms with E-state index in [4.69, 9.17) is 5.73 Å². The Balaban J connectivity index is 1.79. The number of nitrogens with one attached hydrogen (secondary N) is 1. The lowest BCUT2D eigenvalue weighted by molar-refractivity contribution is -0.116. The number of benzene rings is 1. The van der Waals surface area contributed by atoms with Gasteiger partial charge in [-0.3, -0.25) is 9.48 Å². The minimum Gasteiger partial charge on any atom is -0.330 e. The summed E-state index contributed by atoms with van der Waals surface area (Å²) in [4.78, 5) is 11.8. The first-order chi connectivity index (χ1) is 10.3. The third-order valence-corrected chi connectivity index (χ3v) is 3.21. The molecule has 0 aliphatic rings. The molecule has 0 fully saturated rings. The van der Waals surface area contributed by atoms with Crippen molar-refractivity contribution in [2.45, 2.75) is 32.2 Å². The number of aromatic nitrogens is 2. The van der Waals surface area contributed by atoms with Crippen molar-refractivity contribution in [3.8, 4) is 0 Å². The molecule has 0 atom stereocenters. The summed E-state index contributed by atoms with van der Waals surface area (Å²) in [5, 5.41) is 7.13. The van der Waals surface area contributed by atoms with Gasteiger partial charge in [-0.15, -0.1) is 0 Å². The van der Waals surface area contributed by atoms with Gasteiger partial charge in [-0.2, -0.15) is 5.10 Å². The zero-order chi connectivity index (χ0) is 14.9. The molecule has 0 radical (unpaired) electrons. The van der Waals surface area contributed by atoms with Crippen LogP contribution in [0.25, 0.3) is 0 Å². The second-order valence-corrected chi connectivity index (χ2v) is 5.06. The summed E-state index contributed by atoms with van der Waals surface area (Å²) in [6.45, 7) is 1.39. The molecule has 5 nitrogen and oxygen atoms in total. The van der Waals surface area contributed by atoms with E-state index in [0.29, 0.717) is 19.5 Å². The van der Waals surface area contributed by atoms with Crippen LogP contribution >= 0.6 is 0 Å². The van der Waals surface area contributed by atoms with Crippen LogP contribution in [0.3, 0.4) is 0 Å². The Morgan fingerprint density at radius 3 is 2.76 bits per heavy atom. The summed E-state index contributed by atoms with van der Waals surface area (Å²) < 4.78 is 1.82. The number of hydrogen-bond acceptors (Lipinski definition) is 3. The second-order valence-electron chi connectivity index (χ2n) is 5.06. The molecule has 0 aliphatic heterocycles. The largest absolute Gasteiger partial charge is 0.330 e. The molecular formula is C16H22N4O. The zero-order valence-electron chi connectivity index (χ0n) is 12.2. The third-order valence-electron chi connectivity index (χ3n) is 3.21. The summed E-state index contributed by atoms with van der Waals surface area (Å²) in [5.41, 5.74) is 7.35. The maximum absolute atomic E-state index is 11.8. The minimum absolute atomic E-state index is 0.0336. The van der Waals surface area contributed by atoms with E-state index in [1.165, 1.54) is 5.56 Å². The fourth-order valence-electron chi connectivity index (χ4n) is 2.12. The van der Waals surface area contributed by atoms with E-state index in [0.717, 1.165) is 24.9 Å². The Morgan fingerprint density at radius 2 is 2.00 bits per heavy atom. The van der Waals surface area contributed by atoms with Gasteiger partial charge >= 0.3 is 0 Å². The number of carbonyl (C=O) groups is 1. The van der Waals surface area contributed by atoms with E-state index >= 15 is 0 Å². The third kappa shape index (κ3) is 5.39. The van der Waals surface area contributed by atoms with Crippen molar-refractivity contribution in [1.82, 2.24) is 9.78 Å². The highest BCUT2D eigenvalue weighted by molar-refractivity contribution is 5.90. The number of hydrogen-bond donors (Lipinski definition) is 2. The van der Waals surface area contributed by atoms with Crippen molar-refractivity contribution >= 4 is 11.6 Å². The molecule has 1 aromatic carbocycles. The van der Waals surface area contributed by atoms with E-state index in [-0.39, 0.29) is 5.91 Å². The number of rotatable bonds is 8. The van der Waals surface area contributed by atoms with Crippen LogP contribution in [0, 0.1) is 0 Å². The lowest BCUT2D eigenvalue weighted by atomic mass is 10.2. The molecule has 0 spiro atoms. The normalized spacial score (nSPS) is 10.5. The first kappa shape index (κ1) is 15.3. The molecule has 0 bridgehead atoms. The molecule has 0 saturated carbocycles. The van der Waals surface area contributed by atoms with Crippen LogP contribution in [-0.2, 0) is 11.3 Å². The molecule has 5 heteroatoms. The average Bonchev–Trinajstić information content (AvgIpc) is 2.92. The maximum Gasteiger partial charge on any atom is 0.224 e. The summed E-state index contributed by atoms with van der Waals surface area (Å²) in [7, 11) is 0.